The summed E-state index contributed by atoms with van der Waals surface area (Å²) in [6.07, 6.45) is 6.89. The fourth-order valence-electron chi connectivity index (χ4n) is 7.66. The zero-order valence-corrected chi connectivity index (χ0v) is 35.5. The van der Waals surface area contributed by atoms with E-state index in [9.17, 15) is 19.1 Å². The largest absolute Gasteiger partial charge is 0.478 e. The van der Waals surface area contributed by atoms with Crippen LogP contribution in [0.25, 0.3) is 21.8 Å². The number of alkyl halides is 1. The number of aliphatic hydroxyl groups is 1. The predicted molar refractivity (Wildman–Crippen MR) is 239 cm³/mol. The van der Waals surface area contributed by atoms with Gasteiger partial charge >= 0.3 is 12.1 Å². The lowest BCUT2D eigenvalue weighted by molar-refractivity contribution is 0.251. The summed E-state index contributed by atoms with van der Waals surface area (Å²) in [4.78, 5) is 51.4. The third-order valence-corrected chi connectivity index (χ3v) is 10.6. The number of nitrogens with zero attached hydrogens (tertiary/aromatic N) is 12. The number of halogens is 1. The number of anilines is 6. The van der Waals surface area contributed by atoms with Crippen molar-refractivity contribution < 1.29 is 28.6 Å². The molecule has 10 rings (SSSR count). The van der Waals surface area contributed by atoms with Gasteiger partial charge in [-0.1, -0.05) is 0 Å². The Bertz CT molecular complexity index is 2810. The van der Waals surface area contributed by atoms with Crippen LogP contribution in [0.4, 0.5) is 48.4 Å². The van der Waals surface area contributed by atoms with E-state index in [0.29, 0.717) is 72.5 Å². The second-order valence-electron chi connectivity index (χ2n) is 14.9. The van der Waals surface area contributed by atoms with E-state index in [0.717, 1.165) is 44.3 Å². The van der Waals surface area contributed by atoms with Crippen molar-refractivity contribution in [2.75, 3.05) is 32.8 Å². The number of fused-ring (bicyclic) bond motifs is 4. The molecule has 0 bridgehead atoms. The Hall–Kier alpha value is -7.99. The molecular formula is C46H43FN12O5. The van der Waals surface area contributed by atoms with Crippen molar-refractivity contribution in [2.24, 2.45) is 14.1 Å². The lowest BCUT2D eigenvalue weighted by atomic mass is 10.1. The molecule has 8 heterocycles. The number of aryl methyl sites for hydroxylation is 2. The number of amides is 4. The van der Waals surface area contributed by atoms with Crippen molar-refractivity contribution in [1.29, 1.82) is 0 Å². The van der Waals surface area contributed by atoms with Crippen LogP contribution in [0.1, 0.15) is 36.4 Å². The van der Waals surface area contributed by atoms with Crippen LogP contribution in [-0.4, -0.2) is 69.9 Å². The molecule has 0 fully saturated rings. The number of hydrogen-bond donors (Lipinski definition) is 1. The zero-order valence-electron chi connectivity index (χ0n) is 35.5. The Kier molecular flexibility index (Phi) is 11.3. The highest BCUT2D eigenvalue weighted by atomic mass is 19.1. The van der Waals surface area contributed by atoms with Crippen LogP contribution in [0.2, 0.25) is 0 Å². The molecule has 2 aliphatic rings. The maximum Gasteiger partial charge on any atom is 0.335 e. The van der Waals surface area contributed by atoms with Crippen molar-refractivity contribution in [1.82, 2.24) is 39.5 Å². The standard InChI is InChI=1S/C23H21FN6O2.C23H22N6O3/c1-3-32-21-9-4-15-14-29(18-7-8-20-16(10-18)13-28(2)27-20)23(31)30(22(15)26-21)19-6-5-17(11-24)25-12-19;1-3-32-21-9-4-15-13-28(18-7-8-20-16(10-18)12-27(2)26-20)23(31)29(22(15)25-21)19-6-5-17(14-30)24-11-19/h4-10,12-13H,3,11,14H2,1-2H3;4-12,30H,3,13-14H2,1-2H3. The average Bonchev–Trinajstić information content (AvgIpc) is 3.88. The summed E-state index contributed by atoms with van der Waals surface area (Å²) >= 11 is 0. The van der Waals surface area contributed by atoms with Gasteiger partial charge in [0.2, 0.25) is 11.8 Å². The van der Waals surface area contributed by atoms with E-state index in [1.54, 1.807) is 55.7 Å². The number of urea groups is 2. The van der Waals surface area contributed by atoms with Crippen LogP contribution >= 0.6 is 0 Å². The highest BCUT2D eigenvalue weighted by Gasteiger charge is 2.36. The van der Waals surface area contributed by atoms with Gasteiger partial charge in [0, 0.05) is 71.9 Å². The molecule has 18 heteroatoms. The van der Waals surface area contributed by atoms with Crippen molar-refractivity contribution in [3.63, 3.8) is 0 Å². The van der Waals surface area contributed by atoms with Gasteiger partial charge in [-0.25, -0.2) is 23.8 Å². The molecule has 0 spiro atoms. The zero-order chi connectivity index (χ0) is 44.5. The summed E-state index contributed by atoms with van der Waals surface area (Å²) in [5, 5.41) is 20.0. The van der Waals surface area contributed by atoms with Gasteiger partial charge in [-0.3, -0.25) is 29.1 Å². The second-order valence-corrected chi connectivity index (χ2v) is 14.9. The van der Waals surface area contributed by atoms with Gasteiger partial charge in [0.15, 0.2) is 0 Å². The van der Waals surface area contributed by atoms with E-state index in [1.165, 1.54) is 16.0 Å². The molecule has 0 saturated carbocycles. The third-order valence-electron chi connectivity index (χ3n) is 10.6. The van der Waals surface area contributed by atoms with Gasteiger partial charge in [-0.15, -0.1) is 0 Å². The molecule has 0 aliphatic carbocycles. The molecule has 64 heavy (non-hydrogen) atoms. The summed E-state index contributed by atoms with van der Waals surface area (Å²) in [5.41, 5.74) is 6.84. The number of ether oxygens (including phenoxy) is 2. The number of hydrogen-bond acceptors (Lipinski definition) is 11. The van der Waals surface area contributed by atoms with Crippen molar-refractivity contribution in [2.45, 2.75) is 40.2 Å². The molecule has 324 valence electrons. The summed E-state index contributed by atoms with van der Waals surface area (Å²) in [7, 11) is 3.73. The van der Waals surface area contributed by atoms with E-state index < -0.39 is 6.67 Å². The first kappa shape index (κ1) is 41.4. The van der Waals surface area contributed by atoms with Crippen molar-refractivity contribution in [3.8, 4) is 11.8 Å². The molecule has 2 aromatic carbocycles. The number of benzene rings is 2. The van der Waals surface area contributed by atoms with Gasteiger partial charge < -0.3 is 14.6 Å². The minimum atomic E-state index is -0.672. The van der Waals surface area contributed by atoms with Crippen LogP contribution in [0.5, 0.6) is 11.8 Å². The van der Waals surface area contributed by atoms with E-state index in [4.69, 9.17) is 9.47 Å². The highest BCUT2D eigenvalue weighted by molar-refractivity contribution is 6.11. The maximum atomic E-state index is 13.7. The molecule has 8 aromatic rings. The Morgan fingerprint density at radius 2 is 1.06 bits per heavy atom. The fraction of sp³-hybridized carbons (Fsp3) is 0.217. The summed E-state index contributed by atoms with van der Waals surface area (Å²) in [5.74, 6) is 1.88. The molecule has 0 atom stereocenters. The summed E-state index contributed by atoms with van der Waals surface area (Å²) < 4.78 is 27.6. The topological polar surface area (TPSA) is 173 Å². The number of rotatable bonds is 10. The minimum Gasteiger partial charge on any atom is -0.478 e. The summed E-state index contributed by atoms with van der Waals surface area (Å²) in [6, 6.07) is 25.1. The quantitative estimate of drug-likeness (QED) is 0.141. The van der Waals surface area contributed by atoms with Gasteiger partial charge in [-0.05, 0) is 86.6 Å². The molecule has 0 radical (unpaired) electrons. The van der Waals surface area contributed by atoms with Gasteiger partial charge in [-0.2, -0.15) is 20.2 Å². The SMILES string of the molecule is CCOc1ccc2c(n1)N(c1ccc(CF)nc1)C(=O)N(c1ccc3nn(C)cc3c1)C2.CCOc1ccc2c(n1)N(c1ccc(CO)nc1)C(=O)N(c1ccc3nn(C)cc3c1)C2. The number of aliphatic hydroxyl groups excluding tert-OH is 1. The van der Waals surface area contributed by atoms with Crippen LogP contribution in [0.15, 0.2) is 110 Å². The van der Waals surface area contributed by atoms with Gasteiger partial charge in [0.1, 0.15) is 18.3 Å². The second kappa shape index (κ2) is 17.4. The predicted octanol–water partition coefficient (Wildman–Crippen LogP) is 8.04. The van der Waals surface area contributed by atoms with Crippen molar-refractivity contribution >= 4 is 68.3 Å². The Morgan fingerprint density at radius 3 is 1.47 bits per heavy atom. The molecule has 2 aliphatic heterocycles. The molecule has 6 aromatic heterocycles. The van der Waals surface area contributed by atoms with Crippen molar-refractivity contribution in [3.05, 3.63) is 132 Å². The number of carbonyl (C=O) groups excluding carboxylic acids is 2. The Morgan fingerprint density at radius 1 is 0.609 bits per heavy atom. The molecule has 17 nitrogen and oxygen atoms in total. The van der Waals surface area contributed by atoms with Crippen LogP contribution < -0.4 is 29.1 Å². The smallest absolute Gasteiger partial charge is 0.335 e. The van der Waals surface area contributed by atoms with Gasteiger partial charge in [0.05, 0.1) is 79.1 Å². The van der Waals surface area contributed by atoms with E-state index in [2.05, 4.69) is 30.1 Å². The Labute approximate surface area is 366 Å². The molecule has 0 unspecified atom stereocenters. The van der Waals surface area contributed by atoms with Gasteiger partial charge in [0.25, 0.3) is 0 Å². The lowest BCUT2D eigenvalue weighted by Gasteiger charge is -2.36. The average molecular weight is 863 g/mol. The Balaban J connectivity index is 0.000000162. The number of aromatic nitrogens is 8. The van der Waals surface area contributed by atoms with Crippen LogP contribution in [0, 0.1) is 0 Å². The third kappa shape index (κ3) is 7.97. The lowest BCUT2D eigenvalue weighted by Crippen LogP contribution is -2.45. The maximum absolute atomic E-state index is 13.7. The minimum absolute atomic E-state index is 0.172. The molecule has 4 amide bonds. The highest BCUT2D eigenvalue weighted by Crippen LogP contribution is 2.39. The van der Waals surface area contributed by atoms with Crippen LogP contribution in [0.3, 0.4) is 0 Å². The fourth-order valence-corrected chi connectivity index (χ4v) is 7.66. The molecular weight excluding hydrogens is 820 g/mol. The van der Waals surface area contributed by atoms with E-state index in [1.807, 2.05) is 94.9 Å². The van der Waals surface area contributed by atoms with E-state index >= 15 is 0 Å². The first-order valence-electron chi connectivity index (χ1n) is 20.6. The molecule has 0 saturated heterocycles. The summed E-state index contributed by atoms with van der Waals surface area (Å²) in [6.45, 7) is 4.58. The first-order valence-corrected chi connectivity index (χ1v) is 20.6. The van der Waals surface area contributed by atoms with Crippen LogP contribution in [-0.2, 0) is 40.5 Å². The monoisotopic (exact) mass is 862 g/mol. The number of carbonyl (C=O) groups is 2. The number of pyridine rings is 4. The molecule has 1 N–H and O–H groups in total. The first-order chi connectivity index (χ1) is 31.1. The normalized spacial score (nSPS) is 13.5. The van der Waals surface area contributed by atoms with E-state index in [-0.39, 0.29) is 18.7 Å².